The van der Waals surface area contributed by atoms with Crippen molar-refractivity contribution >= 4 is 11.4 Å². The van der Waals surface area contributed by atoms with Crippen LogP contribution in [0.2, 0.25) is 0 Å². The lowest BCUT2D eigenvalue weighted by Gasteiger charge is -2.05. The maximum Gasteiger partial charge on any atom is 0.310 e. The number of phenolic OH excluding ortho intramolecular Hbond substituents is 1. The van der Waals surface area contributed by atoms with Crippen LogP contribution in [0.4, 0.5) is 11.4 Å². The first-order valence-electron chi connectivity index (χ1n) is 7.71. The van der Waals surface area contributed by atoms with Gasteiger partial charge >= 0.3 is 11.4 Å². The Kier molecular flexibility index (Phi) is 6.07. The molecular formula is C17H18N2O7. The third-order valence-corrected chi connectivity index (χ3v) is 3.47. The Hall–Kier alpha value is -3.20. The molecule has 9 nitrogen and oxygen atoms in total. The summed E-state index contributed by atoms with van der Waals surface area (Å²) in [6.45, 7) is 4.68. The Bertz CT molecular complexity index is 819. The third-order valence-electron chi connectivity index (χ3n) is 3.47. The number of nitrogens with zero attached hydrogens (tertiary/aromatic N) is 2. The van der Waals surface area contributed by atoms with Crippen LogP contribution in [0.3, 0.4) is 0 Å². The van der Waals surface area contributed by atoms with E-state index in [0.29, 0.717) is 19.0 Å². The average molecular weight is 362 g/mol. The first kappa shape index (κ1) is 19.1. The molecule has 0 aromatic heterocycles. The highest BCUT2D eigenvalue weighted by molar-refractivity contribution is 5.48. The molecule has 2 aromatic rings. The number of aromatic hydroxyl groups is 1. The summed E-state index contributed by atoms with van der Waals surface area (Å²) in [7, 11) is 0. The number of nitro groups is 2. The Morgan fingerprint density at radius 2 is 1.62 bits per heavy atom. The molecule has 0 spiro atoms. The first-order chi connectivity index (χ1) is 12.3. The molecule has 9 heteroatoms. The third kappa shape index (κ3) is 5.42. The van der Waals surface area contributed by atoms with E-state index in [1.165, 1.54) is 18.2 Å². The van der Waals surface area contributed by atoms with Gasteiger partial charge in [-0.15, -0.1) is 0 Å². The van der Waals surface area contributed by atoms with Crippen molar-refractivity contribution in [3.63, 3.8) is 0 Å². The Morgan fingerprint density at radius 1 is 1.08 bits per heavy atom. The van der Waals surface area contributed by atoms with Crippen molar-refractivity contribution in [2.24, 2.45) is 0 Å². The summed E-state index contributed by atoms with van der Waals surface area (Å²) in [5, 5.41) is 29.9. The number of aryl methyl sites for hydroxylation is 2. The normalized spacial score (nSPS) is 14.8. The molecule has 0 amide bonds. The van der Waals surface area contributed by atoms with Gasteiger partial charge in [-0.1, -0.05) is 12.1 Å². The van der Waals surface area contributed by atoms with Crippen molar-refractivity contribution in [1.29, 1.82) is 0 Å². The number of nitro benzene ring substituents is 2. The van der Waals surface area contributed by atoms with E-state index < -0.39 is 9.85 Å². The average Bonchev–Trinajstić information content (AvgIpc) is 3.37. The molecule has 0 aliphatic carbocycles. The van der Waals surface area contributed by atoms with E-state index in [1.54, 1.807) is 25.1 Å². The van der Waals surface area contributed by atoms with E-state index in [2.05, 4.69) is 0 Å². The number of hydrogen-bond acceptors (Lipinski definition) is 7. The van der Waals surface area contributed by atoms with Crippen LogP contribution in [0.1, 0.15) is 11.1 Å². The molecule has 1 saturated heterocycles. The van der Waals surface area contributed by atoms with Crippen molar-refractivity contribution in [3.05, 3.63) is 67.8 Å². The smallest absolute Gasteiger partial charge is 0.310 e. The molecule has 0 bridgehead atoms. The van der Waals surface area contributed by atoms with Crippen molar-refractivity contribution in [2.45, 2.75) is 20.0 Å². The van der Waals surface area contributed by atoms with Crippen LogP contribution in [0.5, 0.6) is 11.5 Å². The lowest BCUT2D eigenvalue weighted by Crippen LogP contribution is -2.06. The van der Waals surface area contributed by atoms with Crippen LogP contribution >= 0.6 is 0 Å². The summed E-state index contributed by atoms with van der Waals surface area (Å²) in [6, 6.07) is 9.04. The first-order valence-corrected chi connectivity index (χ1v) is 7.71. The van der Waals surface area contributed by atoms with Gasteiger partial charge in [-0.25, -0.2) is 0 Å². The number of ether oxygens (including phenoxy) is 2. The summed E-state index contributed by atoms with van der Waals surface area (Å²) < 4.78 is 10.3. The minimum absolute atomic E-state index is 0.00116. The molecule has 1 aliphatic heterocycles. The van der Waals surface area contributed by atoms with Gasteiger partial charge in [-0.3, -0.25) is 20.2 Å². The van der Waals surface area contributed by atoms with Gasteiger partial charge in [0.15, 0.2) is 11.5 Å². The monoisotopic (exact) mass is 362 g/mol. The Morgan fingerprint density at radius 3 is 2.12 bits per heavy atom. The van der Waals surface area contributed by atoms with E-state index in [1.807, 2.05) is 6.92 Å². The fourth-order valence-electron chi connectivity index (χ4n) is 2.02. The van der Waals surface area contributed by atoms with Gasteiger partial charge in [0.25, 0.3) is 0 Å². The molecule has 138 valence electrons. The number of rotatable bonds is 5. The highest BCUT2D eigenvalue weighted by Crippen LogP contribution is 2.28. The minimum atomic E-state index is -0.616. The summed E-state index contributed by atoms with van der Waals surface area (Å²) in [6.07, 6.45) is 0.102. The molecule has 1 atom stereocenters. The molecule has 1 aliphatic rings. The maximum absolute atomic E-state index is 10.7. The second-order valence-electron chi connectivity index (χ2n) is 5.74. The van der Waals surface area contributed by atoms with Gasteiger partial charge in [0.05, 0.1) is 16.5 Å². The topological polar surface area (TPSA) is 128 Å². The quantitative estimate of drug-likeness (QED) is 0.491. The predicted octanol–water partition coefficient (Wildman–Crippen LogP) is 3.29. The SMILES string of the molecule is Cc1ccc([N+](=O)[O-])c(O)c1.Cc1ccc([N+](=O)[O-])c(OCC2CO2)c1. The highest BCUT2D eigenvalue weighted by atomic mass is 16.6. The van der Waals surface area contributed by atoms with Crippen LogP contribution in [0.25, 0.3) is 0 Å². The highest BCUT2D eigenvalue weighted by Gasteiger charge is 2.25. The number of epoxide rings is 1. The van der Waals surface area contributed by atoms with Gasteiger partial charge in [-0.2, -0.15) is 0 Å². The molecule has 26 heavy (non-hydrogen) atoms. The van der Waals surface area contributed by atoms with Crippen molar-refractivity contribution < 1.29 is 24.4 Å². The van der Waals surface area contributed by atoms with E-state index in [0.717, 1.165) is 11.1 Å². The largest absolute Gasteiger partial charge is 0.502 e. The molecule has 1 N–H and O–H groups in total. The van der Waals surface area contributed by atoms with Crippen molar-refractivity contribution in [1.82, 2.24) is 0 Å². The standard InChI is InChI=1S/C10H11NO4.C7H7NO3/c1-7-2-3-9(11(12)13)10(4-7)15-6-8-5-14-8;1-5-2-3-6(8(10)11)7(9)4-5/h2-4,8H,5-6H2,1H3;2-4,9H,1H3. The second-order valence-corrected chi connectivity index (χ2v) is 5.74. The Labute approximate surface area is 149 Å². The molecular weight excluding hydrogens is 344 g/mol. The van der Waals surface area contributed by atoms with Crippen LogP contribution in [0.15, 0.2) is 36.4 Å². The zero-order valence-corrected chi connectivity index (χ0v) is 14.2. The fourth-order valence-corrected chi connectivity index (χ4v) is 2.02. The van der Waals surface area contributed by atoms with Gasteiger partial charge in [0.1, 0.15) is 12.7 Å². The Balaban J connectivity index is 0.000000197. The minimum Gasteiger partial charge on any atom is -0.502 e. The summed E-state index contributed by atoms with van der Waals surface area (Å²) in [5.74, 6) is 0.0329. The molecule has 0 radical (unpaired) electrons. The van der Waals surface area contributed by atoms with Gasteiger partial charge in [0, 0.05) is 12.1 Å². The van der Waals surface area contributed by atoms with E-state index >= 15 is 0 Å². The molecule has 1 fully saturated rings. The lowest BCUT2D eigenvalue weighted by molar-refractivity contribution is -0.386. The molecule has 1 heterocycles. The van der Waals surface area contributed by atoms with Gasteiger partial charge < -0.3 is 14.6 Å². The second kappa shape index (κ2) is 8.26. The lowest BCUT2D eigenvalue weighted by atomic mass is 10.2. The van der Waals surface area contributed by atoms with Crippen molar-refractivity contribution in [2.75, 3.05) is 13.2 Å². The van der Waals surface area contributed by atoms with E-state index in [4.69, 9.17) is 14.6 Å². The number of hydrogen-bond donors (Lipinski definition) is 1. The fraction of sp³-hybridized carbons (Fsp3) is 0.294. The molecule has 1 unspecified atom stereocenters. The van der Waals surface area contributed by atoms with Gasteiger partial charge in [-0.05, 0) is 37.1 Å². The van der Waals surface area contributed by atoms with E-state index in [-0.39, 0.29) is 23.2 Å². The van der Waals surface area contributed by atoms with Crippen LogP contribution in [-0.2, 0) is 4.74 Å². The molecule has 2 aromatic carbocycles. The molecule has 3 rings (SSSR count). The number of phenols is 1. The zero-order valence-electron chi connectivity index (χ0n) is 14.2. The summed E-state index contributed by atoms with van der Waals surface area (Å²) >= 11 is 0. The summed E-state index contributed by atoms with van der Waals surface area (Å²) in [4.78, 5) is 19.8. The van der Waals surface area contributed by atoms with Gasteiger partial charge in [0.2, 0.25) is 0 Å². The predicted molar refractivity (Wildman–Crippen MR) is 92.6 cm³/mol. The van der Waals surface area contributed by atoms with Crippen LogP contribution < -0.4 is 4.74 Å². The molecule has 0 saturated carbocycles. The maximum atomic E-state index is 10.7. The summed E-state index contributed by atoms with van der Waals surface area (Å²) in [5.41, 5.74) is 1.48. The van der Waals surface area contributed by atoms with Crippen molar-refractivity contribution in [3.8, 4) is 11.5 Å². The van der Waals surface area contributed by atoms with Crippen LogP contribution in [0, 0.1) is 34.1 Å². The zero-order chi connectivity index (χ0) is 19.3. The number of benzene rings is 2. The van der Waals surface area contributed by atoms with E-state index in [9.17, 15) is 20.2 Å². The van der Waals surface area contributed by atoms with Crippen LogP contribution in [-0.4, -0.2) is 34.3 Å².